The summed E-state index contributed by atoms with van der Waals surface area (Å²) in [6, 6.07) is 6.92. The summed E-state index contributed by atoms with van der Waals surface area (Å²) in [6.07, 6.45) is 0. The third-order valence-electron chi connectivity index (χ3n) is 3.76. The van der Waals surface area contributed by atoms with E-state index in [0.717, 1.165) is 16.4 Å². The highest BCUT2D eigenvalue weighted by Gasteiger charge is 2.23. The van der Waals surface area contributed by atoms with Gasteiger partial charge in [-0.3, -0.25) is 14.5 Å². The molecule has 2 atom stereocenters. The van der Waals surface area contributed by atoms with Crippen LogP contribution in [-0.4, -0.2) is 20.7 Å². The first-order chi connectivity index (χ1) is 11.5. The van der Waals surface area contributed by atoms with Gasteiger partial charge >= 0.3 is 0 Å². The number of H-pyrrole nitrogens is 1. The summed E-state index contributed by atoms with van der Waals surface area (Å²) >= 11 is 6.85. The van der Waals surface area contributed by atoms with Crippen LogP contribution in [0.25, 0.3) is 10.7 Å². The van der Waals surface area contributed by atoms with Crippen LogP contribution in [-0.2, 0) is 4.79 Å². The minimum Gasteiger partial charge on any atom is -0.464 e. The molecule has 0 fully saturated rings. The predicted octanol–water partition coefficient (Wildman–Crippen LogP) is 4.01. The van der Waals surface area contributed by atoms with E-state index in [4.69, 9.17) is 16.6 Å². The van der Waals surface area contributed by atoms with E-state index in [2.05, 4.69) is 15.5 Å². The number of hydrogen-bond acceptors (Lipinski definition) is 5. The molecule has 3 heterocycles. The maximum atomic E-state index is 12.6. The van der Waals surface area contributed by atoms with Gasteiger partial charge in [0.1, 0.15) is 17.6 Å². The molecule has 3 aromatic rings. The highest BCUT2D eigenvalue weighted by Crippen LogP contribution is 2.26. The minimum atomic E-state index is -0.494. The van der Waals surface area contributed by atoms with E-state index in [1.807, 2.05) is 43.5 Å². The second-order valence-electron chi connectivity index (χ2n) is 5.55. The van der Waals surface area contributed by atoms with Crippen molar-refractivity contribution in [3.8, 4) is 10.7 Å². The van der Waals surface area contributed by atoms with Gasteiger partial charge in [-0.2, -0.15) is 5.10 Å². The number of furan rings is 1. The fourth-order valence-corrected chi connectivity index (χ4v) is 3.45. The SMILES string of the molecule is Cc1ccc([C@H](C)NC(=O)[C@H](C)n2c(-c3cccs3)n[nH]c2=S)o1. The maximum absolute atomic E-state index is 12.6. The van der Waals surface area contributed by atoms with Crippen molar-refractivity contribution in [1.29, 1.82) is 0 Å². The minimum absolute atomic E-state index is 0.146. The number of hydrogen-bond donors (Lipinski definition) is 2. The van der Waals surface area contributed by atoms with Crippen molar-refractivity contribution in [2.75, 3.05) is 0 Å². The molecule has 6 nitrogen and oxygen atoms in total. The Hall–Kier alpha value is -2.19. The van der Waals surface area contributed by atoms with E-state index >= 15 is 0 Å². The summed E-state index contributed by atoms with van der Waals surface area (Å²) < 4.78 is 7.72. The van der Waals surface area contributed by atoms with E-state index in [0.29, 0.717) is 10.6 Å². The fraction of sp³-hybridized carbons (Fsp3) is 0.312. The van der Waals surface area contributed by atoms with Gasteiger partial charge in [0.15, 0.2) is 10.6 Å². The Morgan fingerprint density at radius 3 is 2.83 bits per heavy atom. The van der Waals surface area contributed by atoms with Gasteiger partial charge in [-0.25, -0.2) is 0 Å². The van der Waals surface area contributed by atoms with Gasteiger partial charge in [-0.1, -0.05) is 6.07 Å². The standard InChI is InChI=1S/C16H18N4O2S2/c1-9-6-7-12(22-9)10(2)17-15(21)11(3)20-14(18-19-16(20)23)13-5-4-8-24-13/h4-8,10-11H,1-3H3,(H,17,21)(H,19,23)/t10-,11-/m0/s1. The largest absolute Gasteiger partial charge is 0.464 e. The third kappa shape index (κ3) is 3.20. The maximum Gasteiger partial charge on any atom is 0.243 e. The zero-order valence-electron chi connectivity index (χ0n) is 13.6. The van der Waals surface area contributed by atoms with Crippen LogP contribution in [0, 0.1) is 11.7 Å². The van der Waals surface area contributed by atoms with Crippen molar-refractivity contribution in [1.82, 2.24) is 20.1 Å². The number of aromatic amines is 1. The van der Waals surface area contributed by atoms with Gasteiger partial charge in [-0.05, 0) is 56.6 Å². The molecule has 2 N–H and O–H groups in total. The molecule has 0 saturated carbocycles. The van der Waals surface area contributed by atoms with E-state index in [9.17, 15) is 4.79 Å². The second-order valence-corrected chi connectivity index (χ2v) is 6.89. The topological polar surface area (TPSA) is 75.8 Å². The lowest BCUT2D eigenvalue weighted by atomic mass is 10.2. The number of nitrogens with zero attached hydrogens (tertiary/aromatic N) is 2. The number of nitrogens with one attached hydrogen (secondary N) is 2. The smallest absolute Gasteiger partial charge is 0.243 e. The number of carbonyl (C=O) groups is 1. The Bertz CT molecular complexity index is 891. The Kier molecular flexibility index (Phi) is 4.68. The highest BCUT2D eigenvalue weighted by molar-refractivity contribution is 7.71. The molecule has 126 valence electrons. The lowest BCUT2D eigenvalue weighted by molar-refractivity contribution is -0.124. The molecule has 0 radical (unpaired) electrons. The molecule has 0 bridgehead atoms. The van der Waals surface area contributed by atoms with Crippen molar-refractivity contribution in [2.45, 2.75) is 32.9 Å². The molecule has 3 aromatic heterocycles. The summed E-state index contributed by atoms with van der Waals surface area (Å²) in [4.78, 5) is 13.6. The zero-order valence-corrected chi connectivity index (χ0v) is 15.2. The van der Waals surface area contributed by atoms with Crippen molar-refractivity contribution in [3.05, 3.63) is 45.9 Å². The van der Waals surface area contributed by atoms with Crippen LogP contribution in [0.4, 0.5) is 0 Å². The molecule has 1 amide bonds. The van der Waals surface area contributed by atoms with Gasteiger partial charge in [0.05, 0.1) is 10.9 Å². The van der Waals surface area contributed by atoms with Gasteiger partial charge < -0.3 is 9.73 Å². The number of amides is 1. The molecule has 0 aliphatic carbocycles. The molecular weight excluding hydrogens is 344 g/mol. The average Bonchev–Trinajstić information content (AvgIpc) is 3.26. The van der Waals surface area contributed by atoms with Crippen LogP contribution < -0.4 is 5.32 Å². The lowest BCUT2D eigenvalue weighted by Gasteiger charge is -2.18. The number of carbonyl (C=O) groups excluding carboxylic acids is 1. The second kappa shape index (κ2) is 6.74. The first kappa shape index (κ1) is 16.7. The molecule has 3 rings (SSSR count). The third-order valence-corrected chi connectivity index (χ3v) is 4.91. The van der Waals surface area contributed by atoms with Crippen molar-refractivity contribution >= 4 is 29.5 Å². The van der Waals surface area contributed by atoms with E-state index in [-0.39, 0.29) is 11.9 Å². The van der Waals surface area contributed by atoms with Crippen molar-refractivity contribution in [2.24, 2.45) is 0 Å². The molecule has 0 aromatic carbocycles. The van der Waals surface area contributed by atoms with Crippen LogP contribution in [0.15, 0.2) is 34.1 Å². The quantitative estimate of drug-likeness (QED) is 0.673. The molecule has 0 aliphatic rings. The number of rotatable bonds is 5. The first-order valence-corrected chi connectivity index (χ1v) is 8.83. The molecule has 0 saturated heterocycles. The van der Waals surface area contributed by atoms with Gasteiger partial charge in [0, 0.05) is 0 Å². The number of aryl methyl sites for hydroxylation is 1. The summed E-state index contributed by atoms with van der Waals surface area (Å²) in [5, 5.41) is 12.0. The average molecular weight is 362 g/mol. The normalized spacial score (nSPS) is 13.6. The molecule has 8 heteroatoms. The van der Waals surface area contributed by atoms with Crippen LogP contribution in [0.5, 0.6) is 0 Å². The van der Waals surface area contributed by atoms with E-state index < -0.39 is 6.04 Å². The summed E-state index contributed by atoms with van der Waals surface area (Å²) in [5.74, 6) is 2.06. The molecular formula is C16H18N4O2S2. The Balaban J connectivity index is 1.82. The highest BCUT2D eigenvalue weighted by atomic mass is 32.1. The predicted molar refractivity (Wildman–Crippen MR) is 95.4 cm³/mol. The van der Waals surface area contributed by atoms with Crippen LogP contribution >= 0.6 is 23.6 Å². The van der Waals surface area contributed by atoms with Crippen molar-refractivity contribution in [3.63, 3.8) is 0 Å². The summed E-state index contributed by atoms with van der Waals surface area (Å²) in [7, 11) is 0. The monoisotopic (exact) mass is 362 g/mol. The molecule has 0 unspecified atom stereocenters. The number of aromatic nitrogens is 3. The Morgan fingerprint density at radius 2 is 2.21 bits per heavy atom. The van der Waals surface area contributed by atoms with Crippen LogP contribution in [0.3, 0.4) is 0 Å². The Morgan fingerprint density at radius 1 is 1.42 bits per heavy atom. The van der Waals surface area contributed by atoms with Gasteiger partial charge in [-0.15, -0.1) is 11.3 Å². The lowest BCUT2D eigenvalue weighted by Crippen LogP contribution is -2.33. The number of thiophene rings is 1. The van der Waals surface area contributed by atoms with Crippen molar-refractivity contribution < 1.29 is 9.21 Å². The fourth-order valence-electron chi connectivity index (χ4n) is 2.45. The van der Waals surface area contributed by atoms with Gasteiger partial charge in [0.2, 0.25) is 5.91 Å². The van der Waals surface area contributed by atoms with Gasteiger partial charge in [0.25, 0.3) is 0 Å². The zero-order chi connectivity index (χ0) is 17.3. The van der Waals surface area contributed by atoms with Crippen LogP contribution in [0.2, 0.25) is 0 Å². The summed E-state index contributed by atoms with van der Waals surface area (Å²) in [6.45, 7) is 5.56. The van der Waals surface area contributed by atoms with Crippen LogP contribution in [0.1, 0.15) is 37.5 Å². The van der Waals surface area contributed by atoms with E-state index in [1.165, 1.54) is 0 Å². The summed E-state index contributed by atoms with van der Waals surface area (Å²) in [5.41, 5.74) is 0. The Labute approximate surface area is 148 Å². The van der Waals surface area contributed by atoms with E-state index in [1.54, 1.807) is 22.8 Å². The first-order valence-electron chi connectivity index (χ1n) is 7.55. The molecule has 0 spiro atoms. The molecule has 0 aliphatic heterocycles. The molecule has 24 heavy (non-hydrogen) atoms.